The van der Waals surface area contributed by atoms with Gasteiger partial charge in [0, 0.05) is 20.5 Å². The number of hydrogen-bond acceptors (Lipinski definition) is 3. The van der Waals surface area contributed by atoms with Gasteiger partial charge in [0.15, 0.2) is 0 Å². The highest BCUT2D eigenvalue weighted by Gasteiger charge is 2.10. The molecule has 0 aliphatic heterocycles. The molecule has 1 rings (SSSR count). The van der Waals surface area contributed by atoms with E-state index in [0.29, 0.717) is 6.54 Å². The quantitative estimate of drug-likeness (QED) is 0.803. The van der Waals surface area contributed by atoms with Gasteiger partial charge in [-0.1, -0.05) is 0 Å². The molecule has 0 spiro atoms. The van der Waals surface area contributed by atoms with Crippen molar-refractivity contribution in [2.45, 2.75) is 20.3 Å². The van der Waals surface area contributed by atoms with Crippen LogP contribution in [0.25, 0.3) is 0 Å². The van der Waals surface area contributed by atoms with E-state index in [2.05, 4.69) is 0 Å². The highest BCUT2D eigenvalue weighted by Crippen LogP contribution is 2.28. The van der Waals surface area contributed by atoms with E-state index in [1.807, 2.05) is 19.1 Å². The molecule has 1 aromatic rings. The second-order valence-corrected chi connectivity index (χ2v) is 4.32. The second kappa shape index (κ2) is 6.28. The van der Waals surface area contributed by atoms with Crippen molar-refractivity contribution in [1.82, 2.24) is 4.90 Å². The first-order valence-electron chi connectivity index (χ1n) is 5.92. The van der Waals surface area contributed by atoms with Crippen LogP contribution in [0.3, 0.4) is 0 Å². The molecule has 0 aliphatic carbocycles. The monoisotopic (exact) mass is 251 g/mol. The van der Waals surface area contributed by atoms with Crippen LogP contribution in [0, 0.1) is 6.92 Å². The third-order valence-electron chi connectivity index (χ3n) is 3.05. The number of nitrogens with zero attached hydrogens (tertiary/aromatic N) is 1. The zero-order chi connectivity index (χ0) is 13.7. The maximum absolute atomic E-state index is 11.2. The van der Waals surface area contributed by atoms with Gasteiger partial charge in [-0.2, -0.15) is 0 Å². The lowest BCUT2D eigenvalue weighted by molar-refractivity contribution is -0.127. The first-order valence-corrected chi connectivity index (χ1v) is 5.92. The number of carbonyl (C=O) groups excluding carboxylic acids is 1. The lowest BCUT2D eigenvalue weighted by atomic mass is 10.1. The maximum atomic E-state index is 11.2. The molecule has 0 saturated heterocycles. The molecular formula is C14H21NO3. The largest absolute Gasteiger partial charge is 0.496 e. The Bertz CT molecular complexity index is 429. The molecule has 0 aromatic heterocycles. The van der Waals surface area contributed by atoms with E-state index >= 15 is 0 Å². The molecule has 0 unspecified atom stereocenters. The van der Waals surface area contributed by atoms with Crippen molar-refractivity contribution >= 4 is 5.91 Å². The second-order valence-electron chi connectivity index (χ2n) is 4.32. The zero-order valence-corrected chi connectivity index (χ0v) is 11.7. The normalized spacial score (nSPS) is 10.1. The van der Waals surface area contributed by atoms with Crippen LogP contribution in [0.2, 0.25) is 0 Å². The summed E-state index contributed by atoms with van der Waals surface area (Å²) in [7, 11) is 5.10. The van der Waals surface area contributed by atoms with Crippen molar-refractivity contribution in [1.29, 1.82) is 0 Å². The number of carbonyl (C=O) groups is 1. The van der Waals surface area contributed by atoms with Gasteiger partial charge in [-0.3, -0.25) is 4.79 Å². The number of ether oxygens (including phenoxy) is 2. The maximum Gasteiger partial charge on any atom is 0.219 e. The predicted molar refractivity (Wildman–Crippen MR) is 71.3 cm³/mol. The van der Waals surface area contributed by atoms with Crippen molar-refractivity contribution in [2.75, 3.05) is 27.8 Å². The van der Waals surface area contributed by atoms with Gasteiger partial charge >= 0.3 is 0 Å². The molecule has 0 bridgehead atoms. The minimum atomic E-state index is 0.0630. The van der Waals surface area contributed by atoms with Crippen molar-refractivity contribution in [3.63, 3.8) is 0 Å². The highest BCUT2D eigenvalue weighted by molar-refractivity contribution is 5.72. The Morgan fingerprint density at radius 1 is 1.22 bits per heavy atom. The summed E-state index contributed by atoms with van der Waals surface area (Å²) in [4.78, 5) is 12.9. The Balaban J connectivity index is 2.89. The van der Waals surface area contributed by atoms with Gasteiger partial charge in [-0.05, 0) is 36.6 Å². The van der Waals surface area contributed by atoms with E-state index in [-0.39, 0.29) is 5.91 Å². The van der Waals surface area contributed by atoms with Crippen molar-refractivity contribution in [3.05, 3.63) is 23.3 Å². The summed E-state index contributed by atoms with van der Waals surface area (Å²) in [5, 5.41) is 0. The number of hydrogen-bond donors (Lipinski definition) is 0. The van der Waals surface area contributed by atoms with Gasteiger partial charge in [0.25, 0.3) is 0 Å². The molecule has 0 radical (unpaired) electrons. The Hall–Kier alpha value is -1.71. The lowest BCUT2D eigenvalue weighted by Gasteiger charge is -2.17. The van der Waals surface area contributed by atoms with Gasteiger partial charge in [-0.15, -0.1) is 0 Å². The third-order valence-corrected chi connectivity index (χ3v) is 3.05. The third kappa shape index (κ3) is 3.39. The Labute approximate surface area is 108 Å². The van der Waals surface area contributed by atoms with E-state index in [1.165, 1.54) is 0 Å². The number of amides is 1. The predicted octanol–water partition coefficient (Wildman–Crippen LogP) is 2.03. The number of aryl methyl sites for hydroxylation is 1. The topological polar surface area (TPSA) is 38.8 Å². The Morgan fingerprint density at radius 2 is 1.83 bits per heavy atom. The minimum Gasteiger partial charge on any atom is -0.496 e. The first kappa shape index (κ1) is 14.4. The van der Waals surface area contributed by atoms with Crippen LogP contribution in [-0.4, -0.2) is 38.6 Å². The molecule has 4 heteroatoms. The van der Waals surface area contributed by atoms with Crippen LogP contribution >= 0.6 is 0 Å². The van der Waals surface area contributed by atoms with Gasteiger partial charge in [-0.25, -0.2) is 0 Å². The first-order chi connectivity index (χ1) is 8.49. The molecule has 0 atom stereocenters. The summed E-state index contributed by atoms with van der Waals surface area (Å²) in [5.74, 6) is 1.74. The van der Waals surface area contributed by atoms with Gasteiger partial charge in [0.2, 0.25) is 5.91 Å². The molecule has 100 valence electrons. The average molecular weight is 251 g/mol. The summed E-state index contributed by atoms with van der Waals surface area (Å²) in [6.07, 6.45) is 0.746. The standard InChI is InChI=1S/C14H21NO3/c1-10-8-14(18-5)12(9-13(10)17-4)6-7-15(3)11(2)16/h8-9H,6-7H2,1-5H3. The summed E-state index contributed by atoms with van der Waals surface area (Å²) in [6.45, 7) is 4.21. The molecule has 0 heterocycles. The number of likely N-dealkylation sites (N-methyl/N-ethyl adjacent to an activating group) is 1. The smallest absolute Gasteiger partial charge is 0.219 e. The van der Waals surface area contributed by atoms with Crippen molar-refractivity contribution in [3.8, 4) is 11.5 Å². The number of methoxy groups -OCH3 is 2. The molecule has 1 amide bonds. The number of rotatable bonds is 5. The van der Waals surface area contributed by atoms with Crippen LogP contribution in [0.1, 0.15) is 18.1 Å². The van der Waals surface area contributed by atoms with Crippen LogP contribution in [0.15, 0.2) is 12.1 Å². The molecular weight excluding hydrogens is 230 g/mol. The van der Waals surface area contributed by atoms with Gasteiger partial charge < -0.3 is 14.4 Å². The fraction of sp³-hybridized carbons (Fsp3) is 0.500. The van der Waals surface area contributed by atoms with E-state index in [0.717, 1.165) is 29.0 Å². The molecule has 1 aromatic carbocycles. The Kier molecular flexibility index (Phi) is 5.01. The summed E-state index contributed by atoms with van der Waals surface area (Å²) in [6, 6.07) is 3.93. The van der Waals surface area contributed by atoms with Gasteiger partial charge in [0.1, 0.15) is 11.5 Å². The average Bonchev–Trinajstić information content (AvgIpc) is 2.36. The lowest BCUT2D eigenvalue weighted by Crippen LogP contribution is -2.26. The number of benzene rings is 1. The Morgan fingerprint density at radius 3 is 2.33 bits per heavy atom. The van der Waals surface area contributed by atoms with Crippen LogP contribution in [0.4, 0.5) is 0 Å². The zero-order valence-electron chi connectivity index (χ0n) is 11.7. The molecule has 0 fully saturated rings. The van der Waals surface area contributed by atoms with Crippen LogP contribution in [-0.2, 0) is 11.2 Å². The summed E-state index contributed by atoms with van der Waals surface area (Å²) >= 11 is 0. The van der Waals surface area contributed by atoms with E-state index < -0.39 is 0 Å². The van der Waals surface area contributed by atoms with Crippen molar-refractivity contribution in [2.24, 2.45) is 0 Å². The highest BCUT2D eigenvalue weighted by atomic mass is 16.5. The van der Waals surface area contributed by atoms with Crippen molar-refractivity contribution < 1.29 is 14.3 Å². The molecule has 0 N–H and O–H groups in total. The van der Waals surface area contributed by atoms with E-state index in [9.17, 15) is 4.79 Å². The van der Waals surface area contributed by atoms with E-state index in [4.69, 9.17) is 9.47 Å². The molecule has 18 heavy (non-hydrogen) atoms. The van der Waals surface area contributed by atoms with Gasteiger partial charge in [0.05, 0.1) is 14.2 Å². The van der Waals surface area contributed by atoms with Crippen LogP contribution in [0.5, 0.6) is 11.5 Å². The molecule has 0 aliphatic rings. The minimum absolute atomic E-state index is 0.0630. The summed E-state index contributed by atoms with van der Waals surface area (Å²) in [5.41, 5.74) is 2.09. The SMILES string of the molecule is COc1cc(CCN(C)C(C)=O)c(OC)cc1C. The summed E-state index contributed by atoms with van der Waals surface area (Å²) < 4.78 is 10.7. The fourth-order valence-corrected chi connectivity index (χ4v) is 1.75. The van der Waals surface area contributed by atoms with E-state index in [1.54, 1.807) is 33.1 Å². The molecule has 4 nitrogen and oxygen atoms in total. The van der Waals surface area contributed by atoms with Crippen LogP contribution < -0.4 is 9.47 Å². The molecule has 0 saturated carbocycles. The fourth-order valence-electron chi connectivity index (χ4n) is 1.75.